The minimum atomic E-state index is -0.362. The molecule has 1 N–H and O–H groups in total. The van der Waals surface area contributed by atoms with Crippen LogP contribution in [0.1, 0.15) is 18.1 Å². The zero-order valence-corrected chi connectivity index (χ0v) is 10.2. The summed E-state index contributed by atoms with van der Waals surface area (Å²) < 4.78 is 5.06. The standard InChI is InChI=1S/C11H12N2O2S/c1-5-6(2)11(15-8(4)14)13-10-9(5)16-7(3)12-10/h3H2,1-2,4H3,(H,12,13). The molecule has 0 fully saturated rings. The number of thioether (sulfide) groups is 1. The van der Waals surface area contributed by atoms with Crippen molar-refractivity contribution in [1.29, 1.82) is 0 Å². The minimum Gasteiger partial charge on any atom is -0.407 e. The van der Waals surface area contributed by atoms with E-state index in [4.69, 9.17) is 4.74 Å². The fourth-order valence-electron chi connectivity index (χ4n) is 1.47. The van der Waals surface area contributed by atoms with Crippen molar-refractivity contribution in [3.05, 3.63) is 22.7 Å². The highest BCUT2D eigenvalue weighted by molar-refractivity contribution is 8.03. The summed E-state index contributed by atoms with van der Waals surface area (Å²) in [5.74, 6) is 0.723. The van der Waals surface area contributed by atoms with Gasteiger partial charge < -0.3 is 10.1 Å². The third kappa shape index (κ3) is 1.78. The zero-order valence-electron chi connectivity index (χ0n) is 9.38. The smallest absolute Gasteiger partial charge is 0.309 e. The third-order valence-corrected chi connectivity index (χ3v) is 3.43. The fourth-order valence-corrected chi connectivity index (χ4v) is 2.36. The molecule has 5 heteroatoms. The second-order valence-electron chi connectivity index (χ2n) is 3.59. The minimum absolute atomic E-state index is 0.362. The maximum atomic E-state index is 10.9. The van der Waals surface area contributed by atoms with E-state index in [1.165, 1.54) is 6.92 Å². The summed E-state index contributed by atoms with van der Waals surface area (Å²) in [5.41, 5.74) is 1.95. The molecule has 0 amide bonds. The lowest BCUT2D eigenvalue weighted by molar-refractivity contribution is -0.132. The van der Waals surface area contributed by atoms with Crippen molar-refractivity contribution in [3.63, 3.8) is 0 Å². The molecule has 2 rings (SSSR count). The van der Waals surface area contributed by atoms with E-state index >= 15 is 0 Å². The average molecular weight is 236 g/mol. The van der Waals surface area contributed by atoms with E-state index in [-0.39, 0.29) is 5.97 Å². The lowest BCUT2D eigenvalue weighted by atomic mass is 10.1. The average Bonchev–Trinajstić information content (AvgIpc) is 2.54. The molecule has 0 spiro atoms. The third-order valence-electron chi connectivity index (χ3n) is 2.38. The number of esters is 1. The van der Waals surface area contributed by atoms with Crippen molar-refractivity contribution in [2.45, 2.75) is 25.7 Å². The Balaban J connectivity index is 2.51. The second kappa shape index (κ2) is 3.83. The van der Waals surface area contributed by atoms with Crippen LogP contribution in [0.15, 0.2) is 16.5 Å². The Morgan fingerprint density at radius 1 is 1.44 bits per heavy atom. The van der Waals surface area contributed by atoms with Crippen molar-refractivity contribution in [1.82, 2.24) is 4.98 Å². The van der Waals surface area contributed by atoms with E-state index in [2.05, 4.69) is 16.9 Å². The molecule has 0 bridgehead atoms. The molecule has 16 heavy (non-hydrogen) atoms. The summed E-state index contributed by atoms with van der Waals surface area (Å²) in [4.78, 5) is 16.3. The van der Waals surface area contributed by atoms with E-state index in [1.54, 1.807) is 11.8 Å². The Morgan fingerprint density at radius 2 is 2.12 bits per heavy atom. The van der Waals surface area contributed by atoms with Gasteiger partial charge in [0.2, 0.25) is 5.88 Å². The molecule has 0 unspecified atom stereocenters. The van der Waals surface area contributed by atoms with Gasteiger partial charge in [0.25, 0.3) is 0 Å². The quantitative estimate of drug-likeness (QED) is 0.759. The number of ether oxygens (including phenoxy) is 1. The molecule has 1 aliphatic heterocycles. The van der Waals surface area contributed by atoms with E-state index < -0.39 is 0 Å². The molecule has 1 aromatic heterocycles. The molecule has 1 aromatic rings. The summed E-state index contributed by atoms with van der Waals surface area (Å²) in [6.45, 7) is 9.07. The highest BCUT2D eigenvalue weighted by atomic mass is 32.2. The molecular formula is C11H12N2O2S. The predicted molar refractivity (Wildman–Crippen MR) is 63.6 cm³/mol. The molecule has 0 aliphatic carbocycles. The molecular weight excluding hydrogens is 224 g/mol. The molecule has 4 nitrogen and oxygen atoms in total. The van der Waals surface area contributed by atoms with Crippen LogP contribution in [0, 0.1) is 13.8 Å². The van der Waals surface area contributed by atoms with Crippen LogP contribution < -0.4 is 10.1 Å². The second-order valence-corrected chi connectivity index (χ2v) is 4.69. The van der Waals surface area contributed by atoms with Gasteiger partial charge in [0.15, 0.2) is 0 Å². The van der Waals surface area contributed by atoms with Crippen LogP contribution in [0.5, 0.6) is 5.88 Å². The normalized spacial score (nSPS) is 13.3. The number of nitrogens with zero attached hydrogens (tertiary/aromatic N) is 1. The number of hydrogen-bond acceptors (Lipinski definition) is 5. The summed E-state index contributed by atoms with van der Waals surface area (Å²) >= 11 is 1.55. The van der Waals surface area contributed by atoms with E-state index in [0.717, 1.165) is 21.1 Å². The van der Waals surface area contributed by atoms with Gasteiger partial charge in [-0.05, 0) is 19.4 Å². The molecule has 2 heterocycles. The van der Waals surface area contributed by atoms with Crippen molar-refractivity contribution in [2.75, 3.05) is 5.32 Å². The van der Waals surface area contributed by atoms with Gasteiger partial charge in [-0.25, -0.2) is 0 Å². The maximum absolute atomic E-state index is 10.9. The summed E-state index contributed by atoms with van der Waals surface area (Å²) in [6.07, 6.45) is 0. The predicted octanol–water partition coefficient (Wildman–Crippen LogP) is 2.61. The van der Waals surface area contributed by atoms with Gasteiger partial charge in [-0.2, -0.15) is 4.98 Å². The molecule has 0 saturated heterocycles. The van der Waals surface area contributed by atoms with Gasteiger partial charge >= 0.3 is 5.97 Å². The van der Waals surface area contributed by atoms with Gasteiger partial charge in [-0.1, -0.05) is 18.3 Å². The van der Waals surface area contributed by atoms with E-state index in [1.807, 2.05) is 13.8 Å². The first-order valence-corrected chi connectivity index (χ1v) is 5.64. The molecule has 0 saturated carbocycles. The van der Waals surface area contributed by atoms with Crippen LogP contribution in [-0.4, -0.2) is 11.0 Å². The number of anilines is 1. The largest absolute Gasteiger partial charge is 0.407 e. The first-order valence-electron chi connectivity index (χ1n) is 4.82. The molecule has 1 aliphatic rings. The first-order chi connectivity index (χ1) is 7.49. The lowest BCUT2D eigenvalue weighted by Crippen LogP contribution is -2.06. The van der Waals surface area contributed by atoms with Gasteiger partial charge in [-0.3, -0.25) is 4.79 Å². The lowest BCUT2D eigenvalue weighted by Gasteiger charge is -2.10. The number of hydrogen-bond donors (Lipinski definition) is 1. The van der Waals surface area contributed by atoms with Crippen LogP contribution in [-0.2, 0) is 4.79 Å². The monoisotopic (exact) mass is 236 g/mol. The Labute approximate surface area is 98.1 Å². The van der Waals surface area contributed by atoms with Crippen molar-refractivity contribution < 1.29 is 9.53 Å². The highest BCUT2D eigenvalue weighted by Gasteiger charge is 2.22. The van der Waals surface area contributed by atoms with E-state index in [0.29, 0.717) is 11.7 Å². The Bertz CT molecular complexity index is 497. The Morgan fingerprint density at radius 3 is 2.75 bits per heavy atom. The summed E-state index contributed by atoms with van der Waals surface area (Å²) in [6, 6.07) is 0. The fraction of sp³-hybridized carbons (Fsp3) is 0.273. The van der Waals surface area contributed by atoms with Crippen molar-refractivity contribution >= 4 is 23.5 Å². The number of carbonyl (C=O) groups is 1. The Kier molecular flexibility index (Phi) is 2.63. The van der Waals surface area contributed by atoms with Gasteiger partial charge in [0.1, 0.15) is 5.82 Å². The maximum Gasteiger partial charge on any atom is 0.309 e. The zero-order chi connectivity index (χ0) is 11.9. The number of rotatable bonds is 1. The number of pyridine rings is 1. The number of carbonyl (C=O) groups excluding carboxylic acids is 1. The van der Waals surface area contributed by atoms with Crippen LogP contribution in [0.4, 0.5) is 5.82 Å². The molecule has 84 valence electrons. The van der Waals surface area contributed by atoms with Crippen LogP contribution in [0.2, 0.25) is 0 Å². The summed E-state index contributed by atoms with van der Waals surface area (Å²) in [7, 11) is 0. The Hall–Kier alpha value is -1.49. The first kappa shape index (κ1) is 11.0. The van der Waals surface area contributed by atoms with Crippen LogP contribution in [0.3, 0.4) is 0 Å². The number of nitrogens with one attached hydrogen (secondary N) is 1. The topological polar surface area (TPSA) is 51.2 Å². The molecule has 0 radical (unpaired) electrons. The van der Waals surface area contributed by atoms with Gasteiger partial charge in [0, 0.05) is 12.5 Å². The van der Waals surface area contributed by atoms with Crippen molar-refractivity contribution in [2.24, 2.45) is 0 Å². The highest BCUT2D eigenvalue weighted by Crippen LogP contribution is 2.43. The van der Waals surface area contributed by atoms with Crippen LogP contribution in [0.25, 0.3) is 0 Å². The number of aromatic nitrogens is 1. The van der Waals surface area contributed by atoms with Crippen molar-refractivity contribution in [3.8, 4) is 5.88 Å². The van der Waals surface area contributed by atoms with Crippen LogP contribution >= 0.6 is 11.8 Å². The van der Waals surface area contributed by atoms with Gasteiger partial charge in [-0.15, -0.1) is 0 Å². The molecule has 0 atom stereocenters. The molecule has 0 aromatic carbocycles. The van der Waals surface area contributed by atoms with Gasteiger partial charge in [0.05, 0.1) is 9.92 Å². The number of fused-ring (bicyclic) bond motifs is 1. The summed E-state index contributed by atoms with van der Waals surface area (Å²) in [5, 5.41) is 3.88. The van der Waals surface area contributed by atoms with E-state index in [9.17, 15) is 4.79 Å². The SMILES string of the molecule is C=C1Nc2nc(OC(C)=O)c(C)c(C)c2S1.